The smallest absolute Gasteiger partial charge is 0.131 e. The minimum absolute atomic E-state index is 0.968. The van der Waals surface area contributed by atoms with Gasteiger partial charge in [-0.15, -0.1) is 11.3 Å². The van der Waals surface area contributed by atoms with Crippen LogP contribution in [0, 0.1) is 0 Å². The number of hydrogen-bond donors (Lipinski definition) is 0. The third kappa shape index (κ3) is 1.27. The highest BCUT2D eigenvalue weighted by molar-refractivity contribution is 8.03. The molecule has 1 aliphatic heterocycles. The molecular formula is C8H7OS2. The normalized spacial score (nSPS) is 22.3. The molecule has 1 aliphatic rings. The van der Waals surface area contributed by atoms with E-state index < -0.39 is 11.2 Å². The zero-order valence-electron chi connectivity index (χ0n) is 5.73. The predicted octanol–water partition coefficient (Wildman–Crippen LogP) is 2.10. The molecule has 1 unspecified atom stereocenters. The minimum Gasteiger partial charge on any atom is -0.646 e. The van der Waals surface area contributed by atoms with Crippen LogP contribution in [0.25, 0.3) is 4.91 Å². The van der Waals surface area contributed by atoms with Crippen LogP contribution in [-0.4, -0.2) is 4.55 Å². The number of thiol groups is 1. The first kappa shape index (κ1) is 7.16. The Morgan fingerprint density at radius 2 is 2.36 bits per heavy atom. The van der Waals surface area contributed by atoms with Crippen LogP contribution in [0.2, 0.25) is 0 Å². The predicted molar refractivity (Wildman–Crippen MR) is 51.0 cm³/mol. The van der Waals surface area contributed by atoms with Gasteiger partial charge in [-0.3, -0.25) is 0 Å². The fourth-order valence-electron chi connectivity index (χ4n) is 0.981. The highest BCUT2D eigenvalue weighted by Crippen LogP contribution is 2.29. The maximum Gasteiger partial charge on any atom is 0.131 e. The van der Waals surface area contributed by atoms with Gasteiger partial charge in [0.2, 0.25) is 0 Å². The zero-order chi connectivity index (χ0) is 7.68. The van der Waals surface area contributed by atoms with E-state index in [0.29, 0.717) is 0 Å². The average molecular weight is 183 g/mol. The second-order valence-corrected chi connectivity index (χ2v) is 4.58. The Balaban J connectivity index is 2.33. The molecule has 2 rings (SSSR count). The van der Waals surface area contributed by atoms with Crippen LogP contribution in [0.3, 0.4) is 0 Å². The molecule has 0 aromatic carbocycles. The molecule has 0 amide bonds. The lowest BCUT2D eigenvalue weighted by Crippen LogP contribution is -1.92. The van der Waals surface area contributed by atoms with Gasteiger partial charge >= 0.3 is 0 Å². The second-order valence-electron chi connectivity index (χ2n) is 2.20. The Hall–Kier alpha value is -0.510. The van der Waals surface area contributed by atoms with Crippen molar-refractivity contribution in [2.45, 2.75) is 0 Å². The molecule has 0 fully saturated rings. The number of rotatable bonds is 1. The second kappa shape index (κ2) is 2.85. The number of allylic oxidation sites excluding steroid dienone is 2. The van der Waals surface area contributed by atoms with Gasteiger partial charge < -0.3 is 4.55 Å². The summed E-state index contributed by atoms with van der Waals surface area (Å²) in [5, 5.41) is 3.74. The number of hydrogen-bond acceptors (Lipinski definition) is 2. The first-order chi connectivity index (χ1) is 5.38. The van der Waals surface area contributed by atoms with E-state index in [9.17, 15) is 4.55 Å². The number of thiophene rings is 1. The lowest BCUT2D eigenvalue weighted by Gasteiger charge is -2.09. The van der Waals surface area contributed by atoms with E-state index in [2.05, 4.69) is 0 Å². The first-order valence-corrected chi connectivity index (χ1v) is 5.47. The average Bonchev–Trinajstić information content (AvgIpc) is 2.55. The Morgan fingerprint density at radius 1 is 1.45 bits per heavy atom. The maximum absolute atomic E-state index is 11.3. The Labute approximate surface area is 72.2 Å². The van der Waals surface area contributed by atoms with Crippen molar-refractivity contribution in [1.29, 1.82) is 0 Å². The van der Waals surface area contributed by atoms with Crippen molar-refractivity contribution in [1.82, 2.24) is 0 Å². The molecular weight excluding hydrogens is 176 g/mol. The third-order valence-corrected chi connectivity index (χ3v) is 3.85. The minimum atomic E-state index is -1.24. The van der Waals surface area contributed by atoms with Crippen molar-refractivity contribution in [3.8, 4) is 0 Å². The van der Waals surface area contributed by atoms with Crippen molar-refractivity contribution in [2.24, 2.45) is 0 Å². The molecule has 0 N–H and O–H groups in total. The third-order valence-electron chi connectivity index (χ3n) is 1.49. The van der Waals surface area contributed by atoms with Gasteiger partial charge in [-0.25, -0.2) is 0 Å². The first-order valence-electron chi connectivity index (χ1n) is 3.26. The van der Waals surface area contributed by atoms with Crippen LogP contribution in [0.15, 0.2) is 35.1 Å². The summed E-state index contributed by atoms with van der Waals surface area (Å²) in [5.41, 5.74) is 0. The Kier molecular flexibility index (Phi) is 1.85. The van der Waals surface area contributed by atoms with Crippen LogP contribution in [0.4, 0.5) is 0 Å². The van der Waals surface area contributed by atoms with E-state index in [1.54, 1.807) is 16.7 Å². The molecule has 57 valence electrons. The summed E-state index contributed by atoms with van der Waals surface area (Å²) in [6.45, 7) is 0. The van der Waals surface area contributed by atoms with Gasteiger partial charge in [-0.2, -0.15) is 11.2 Å². The standard InChI is InChI=1S/C8H7OS2/c9-11-6-2-4-8(11)7-3-1-5-10-7/h1-6,11H. The van der Waals surface area contributed by atoms with Crippen molar-refractivity contribution >= 4 is 27.4 Å². The van der Waals surface area contributed by atoms with Crippen LogP contribution in [-0.2, 0) is 11.2 Å². The van der Waals surface area contributed by atoms with E-state index in [4.69, 9.17) is 0 Å². The van der Waals surface area contributed by atoms with Crippen molar-refractivity contribution in [2.75, 3.05) is 0 Å². The molecule has 1 atom stereocenters. The Bertz CT molecular complexity index is 298. The van der Waals surface area contributed by atoms with E-state index in [1.807, 2.05) is 29.7 Å². The summed E-state index contributed by atoms with van der Waals surface area (Å²) in [5.74, 6) is 0. The van der Waals surface area contributed by atoms with Gasteiger partial charge in [0.15, 0.2) is 0 Å². The summed E-state index contributed by atoms with van der Waals surface area (Å²) >= 11 is 0.394. The molecule has 0 aliphatic carbocycles. The van der Waals surface area contributed by atoms with Gasteiger partial charge in [0.05, 0.1) is 10.3 Å². The van der Waals surface area contributed by atoms with Crippen LogP contribution < -0.4 is 0 Å². The van der Waals surface area contributed by atoms with Gasteiger partial charge in [0.25, 0.3) is 0 Å². The fourth-order valence-corrected chi connectivity index (χ4v) is 2.99. The molecule has 3 heteroatoms. The molecule has 1 aromatic rings. The summed E-state index contributed by atoms with van der Waals surface area (Å²) in [4.78, 5) is 2.09. The van der Waals surface area contributed by atoms with E-state index in [1.165, 1.54) is 0 Å². The monoisotopic (exact) mass is 183 g/mol. The summed E-state index contributed by atoms with van der Waals surface area (Å²) in [6, 6.07) is 3.97. The lowest BCUT2D eigenvalue weighted by atomic mass is 10.4. The fraction of sp³-hybridized carbons (Fsp3) is 0. The van der Waals surface area contributed by atoms with Gasteiger partial charge in [-0.1, -0.05) is 6.07 Å². The van der Waals surface area contributed by atoms with Crippen LogP contribution >= 0.6 is 11.3 Å². The largest absolute Gasteiger partial charge is 0.646 e. The lowest BCUT2D eigenvalue weighted by molar-refractivity contribution is 0.613. The van der Waals surface area contributed by atoms with E-state index in [-0.39, 0.29) is 0 Å². The summed E-state index contributed by atoms with van der Waals surface area (Å²) < 4.78 is 11.3. The molecule has 1 aromatic heterocycles. The van der Waals surface area contributed by atoms with Crippen molar-refractivity contribution < 1.29 is 4.55 Å². The topological polar surface area (TPSA) is 23.1 Å². The van der Waals surface area contributed by atoms with E-state index in [0.717, 1.165) is 9.78 Å². The summed E-state index contributed by atoms with van der Waals surface area (Å²) in [6.07, 6.45) is 3.78. The molecule has 1 nitrogen and oxygen atoms in total. The molecule has 1 radical (unpaired) electrons. The van der Waals surface area contributed by atoms with Crippen LogP contribution in [0.1, 0.15) is 4.88 Å². The maximum atomic E-state index is 11.3. The summed E-state index contributed by atoms with van der Waals surface area (Å²) in [7, 11) is 0. The zero-order valence-corrected chi connectivity index (χ0v) is 7.44. The molecule has 0 spiro atoms. The van der Waals surface area contributed by atoms with Crippen molar-refractivity contribution in [3.63, 3.8) is 0 Å². The van der Waals surface area contributed by atoms with Gasteiger partial charge in [0, 0.05) is 0 Å². The van der Waals surface area contributed by atoms with E-state index >= 15 is 0 Å². The quantitative estimate of drug-likeness (QED) is 0.483. The molecule has 0 saturated carbocycles. The molecule has 0 bridgehead atoms. The molecule has 11 heavy (non-hydrogen) atoms. The highest BCUT2D eigenvalue weighted by atomic mass is 32.2. The van der Waals surface area contributed by atoms with Crippen molar-refractivity contribution in [3.05, 3.63) is 40.0 Å². The SMILES string of the molecule is [O-][SH+]1C=CC=C1c1cccs1. The molecule has 2 heterocycles. The highest BCUT2D eigenvalue weighted by Gasteiger charge is 2.12. The van der Waals surface area contributed by atoms with Gasteiger partial charge in [0.1, 0.15) is 4.91 Å². The molecule has 0 saturated heterocycles. The Morgan fingerprint density at radius 3 is 2.91 bits per heavy atom. The van der Waals surface area contributed by atoms with Gasteiger partial charge in [-0.05, 0) is 23.6 Å². The van der Waals surface area contributed by atoms with Crippen LogP contribution in [0.5, 0.6) is 0 Å².